The number of ether oxygens (including phenoxy) is 1. The van der Waals surface area contributed by atoms with Gasteiger partial charge in [-0.3, -0.25) is 0 Å². The zero-order valence-corrected chi connectivity index (χ0v) is 16.4. The number of halogens is 3. The van der Waals surface area contributed by atoms with Crippen LogP contribution in [-0.4, -0.2) is 35.7 Å². The average molecular weight is 402 g/mol. The monoisotopic (exact) mass is 402 g/mol. The van der Waals surface area contributed by atoms with Crippen molar-refractivity contribution >= 4 is 12.1 Å². The van der Waals surface area contributed by atoms with Crippen molar-refractivity contribution in [2.45, 2.75) is 52.4 Å². The lowest BCUT2D eigenvalue weighted by atomic mass is 9.90. The zero-order valence-electron chi connectivity index (χ0n) is 16.4. The van der Waals surface area contributed by atoms with E-state index >= 15 is 0 Å². The van der Waals surface area contributed by atoms with Gasteiger partial charge in [0.2, 0.25) is 0 Å². The molecule has 6 nitrogen and oxygen atoms in total. The van der Waals surface area contributed by atoms with Crippen LogP contribution in [0.15, 0.2) is 24.3 Å². The summed E-state index contributed by atoms with van der Waals surface area (Å²) in [6, 6.07) is 4.56. The molecule has 0 aliphatic carbocycles. The fourth-order valence-electron chi connectivity index (χ4n) is 2.73. The number of nitrogens with one attached hydrogen (secondary N) is 1. The highest BCUT2D eigenvalue weighted by Crippen LogP contribution is 2.32. The lowest BCUT2D eigenvalue weighted by molar-refractivity contribution is -0.162. The molecule has 1 amide bonds. The summed E-state index contributed by atoms with van der Waals surface area (Å²) in [5.41, 5.74) is 0.762. The van der Waals surface area contributed by atoms with Gasteiger partial charge in [-0.25, -0.2) is 9.59 Å². The normalized spacial score (nSPS) is 20.2. The predicted molar refractivity (Wildman–Crippen MR) is 94.9 cm³/mol. The minimum atomic E-state index is -4.39. The summed E-state index contributed by atoms with van der Waals surface area (Å²) < 4.78 is 43.0. The molecule has 1 unspecified atom stereocenters. The van der Waals surface area contributed by atoms with Crippen molar-refractivity contribution in [1.29, 1.82) is 0 Å². The van der Waals surface area contributed by atoms with Gasteiger partial charge in [0.05, 0.1) is 17.5 Å². The maximum Gasteiger partial charge on any atom is 0.416 e. The number of amides is 1. The van der Waals surface area contributed by atoms with Crippen LogP contribution in [0.4, 0.5) is 18.0 Å². The maximum absolute atomic E-state index is 12.5. The van der Waals surface area contributed by atoms with Crippen LogP contribution in [-0.2, 0) is 27.1 Å². The second-order valence-electron chi connectivity index (χ2n) is 8.12. The van der Waals surface area contributed by atoms with Crippen LogP contribution in [0.3, 0.4) is 0 Å². The maximum atomic E-state index is 12.5. The van der Waals surface area contributed by atoms with E-state index in [2.05, 4.69) is 5.48 Å². The number of likely N-dealkylation sites (tertiary alicyclic amines) is 1. The summed E-state index contributed by atoms with van der Waals surface area (Å²) in [7, 11) is 0. The first-order valence-electron chi connectivity index (χ1n) is 8.88. The molecule has 1 heterocycles. The second kappa shape index (κ2) is 7.98. The summed E-state index contributed by atoms with van der Waals surface area (Å²) in [6.45, 7) is 7.59. The summed E-state index contributed by atoms with van der Waals surface area (Å²) in [5.74, 6) is -0.537. The van der Waals surface area contributed by atoms with E-state index in [0.29, 0.717) is 18.5 Å². The van der Waals surface area contributed by atoms with Gasteiger partial charge in [-0.05, 0) is 51.8 Å². The second-order valence-corrected chi connectivity index (χ2v) is 8.12. The van der Waals surface area contributed by atoms with Crippen LogP contribution < -0.4 is 5.48 Å². The molecule has 1 N–H and O–H groups in total. The van der Waals surface area contributed by atoms with Crippen molar-refractivity contribution in [3.05, 3.63) is 35.4 Å². The van der Waals surface area contributed by atoms with Crippen LogP contribution in [0.1, 0.15) is 45.2 Å². The van der Waals surface area contributed by atoms with Crippen LogP contribution in [0.5, 0.6) is 0 Å². The highest BCUT2D eigenvalue weighted by molar-refractivity contribution is 5.79. The van der Waals surface area contributed by atoms with Crippen molar-refractivity contribution in [2.24, 2.45) is 5.41 Å². The van der Waals surface area contributed by atoms with E-state index in [0.717, 1.165) is 12.1 Å². The molecular formula is C19H25F3N2O4. The van der Waals surface area contributed by atoms with E-state index in [1.807, 2.05) is 0 Å². The third-order valence-electron chi connectivity index (χ3n) is 4.34. The Kier molecular flexibility index (Phi) is 6.27. The van der Waals surface area contributed by atoms with Gasteiger partial charge >= 0.3 is 18.2 Å². The Morgan fingerprint density at radius 1 is 1.18 bits per heavy atom. The molecule has 156 valence electrons. The molecule has 2 rings (SSSR count). The van der Waals surface area contributed by atoms with Crippen LogP contribution >= 0.6 is 0 Å². The van der Waals surface area contributed by atoms with Crippen LogP contribution in [0, 0.1) is 5.41 Å². The topological polar surface area (TPSA) is 67.9 Å². The number of hydrogen-bond donors (Lipinski definition) is 1. The van der Waals surface area contributed by atoms with E-state index in [4.69, 9.17) is 9.57 Å². The SMILES string of the molecule is CC(C)(C)OC(=O)N1CCC(C)(C(=O)ONCc2ccc(C(F)(F)F)cc2)C1. The standard InChI is InChI=1S/C19H25F3N2O4/c1-17(2,3)27-16(26)24-10-9-18(4,12-24)15(25)28-23-11-13-5-7-14(8-6-13)19(20,21)22/h5-8,23H,9-12H2,1-4H3. The minimum Gasteiger partial charge on any atom is -0.444 e. The number of carbonyl (C=O) groups excluding carboxylic acids is 2. The quantitative estimate of drug-likeness (QED) is 0.774. The van der Waals surface area contributed by atoms with Crippen LogP contribution in [0.25, 0.3) is 0 Å². The first-order chi connectivity index (χ1) is 12.8. The van der Waals surface area contributed by atoms with E-state index in [1.54, 1.807) is 27.7 Å². The number of alkyl halides is 3. The van der Waals surface area contributed by atoms with E-state index < -0.39 is 34.8 Å². The molecule has 0 saturated carbocycles. The molecule has 1 aliphatic heterocycles. The van der Waals surface area contributed by atoms with Crippen LogP contribution in [0.2, 0.25) is 0 Å². The molecule has 0 radical (unpaired) electrons. The average Bonchev–Trinajstić information content (AvgIpc) is 2.97. The zero-order chi connectivity index (χ0) is 21.2. The molecule has 1 aromatic rings. The Morgan fingerprint density at radius 2 is 1.79 bits per heavy atom. The Labute approximate surface area is 161 Å². The Balaban J connectivity index is 1.83. The molecule has 1 fully saturated rings. The molecule has 9 heteroatoms. The first kappa shape index (κ1) is 22.0. The number of hydroxylamine groups is 1. The van der Waals surface area contributed by atoms with Crippen molar-refractivity contribution in [3.8, 4) is 0 Å². The fourth-order valence-corrected chi connectivity index (χ4v) is 2.73. The van der Waals surface area contributed by atoms with Crippen molar-refractivity contribution in [2.75, 3.05) is 13.1 Å². The van der Waals surface area contributed by atoms with E-state index in [1.165, 1.54) is 17.0 Å². The van der Waals surface area contributed by atoms with Crippen molar-refractivity contribution in [1.82, 2.24) is 10.4 Å². The highest BCUT2D eigenvalue weighted by atomic mass is 19.4. The van der Waals surface area contributed by atoms with Gasteiger partial charge in [-0.2, -0.15) is 13.2 Å². The molecule has 0 aromatic heterocycles. The smallest absolute Gasteiger partial charge is 0.416 e. The van der Waals surface area contributed by atoms with Gasteiger partial charge in [0, 0.05) is 13.1 Å². The number of hydrogen-bond acceptors (Lipinski definition) is 5. The summed E-state index contributed by atoms with van der Waals surface area (Å²) in [6.07, 6.45) is -4.45. The number of nitrogens with zero attached hydrogens (tertiary/aromatic N) is 1. The first-order valence-corrected chi connectivity index (χ1v) is 8.88. The Bertz CT molecular complexity index is 713. The molecular weight excluding hydrogens is 377 g/mol. The van der Waals surface area contributed by atoms with E-state index in [-0.39, 0.29) is 13.1 Å². The molecule has 1 atom stereocenters. The molecule has 1 aromatic carbocycles. The molecule has 0 bridgehead atoms. The van der Waals surface area contributed by atoms with Gasteiger partial charge in [-0.15, -0.1) is 5.48 Å². The summed E-state index contributed by atoms with van der Waals surface area (Å²) in [5, 5.41) is 0. The molecule has 28 heavy (non-hydrogen) atoms. The van der Waals surface area contributed by atoms with Gasteiger partial charge in [0.15, 0.2) is 0 Å². The minimum absolute atomic E-state index is 0.0652. The molecule has 1 aliphatic rings. The number of benzene rings is 1. The van der Waals surface area contributed by atoms with Gasteiger partial charge in [0.1, 0.15) is 5.60 Å². The molecule has 1 saturated heterocycles. The Hall–Kier alpha value is -2.29. The lowest BCUT2D eigenvalue weighted by Crippen LogP contribution is -2.40. The summed E-state index contributed by atoms with van der Waals surface area (Å²) in [4.78, 5) is 31.0. The highest BCUT2D eigenvalue weighted by Gasteiger charge is 2.44. The van der Waals surface area contributed by atoms with Crippen molar-refractivity contribution in [3.63, 3.8) is 0 Å². The Morgan fingerprint density at radius 3 is 2.32 bits per heavy atom. The summed E-state index contributed by atoms with van der Waals surface area (Å²) >= 11 is 0. The predicted octanol–water partition coefficient (Wildman–Crippen LogP) is 3.90. The third-order valence-corrected chi connectivity index (χ3v) is 4.34. The van der Waals surface area contributed by atoms with Crippen molar-refractivity contribution < 1.29 is 32.3 Å². The fraction of sp³-hybridized carbons (Fsp3) is 0.579. The third kappa shape index (κ3) is 5.85. The molecule has 0 spiro atoms. The van der Waals surface area contributed by atoms with E-state index in [9.17, 15) is 22.8 Å². The van der Waals surface area contributed by atoms with Gasteiger partial charge in [-0.1, -0.05) is 12.1 Å². The number of carbonyl (C=O) groups is 2. The number of rotatable bonds is 4. The largest absolute Gasteiger partial charge is 0.444 e. The van der Waals surface area contributed by atoms with Gasteiger partial charge < -0.3 is 14.5 Å². The van der Waals surface area contributed by atoms with Gasteiger partial charge in [0.25, 0.3) is 0 Å². The lowest BCUT2D eigenvalue weighted by Gasteiger charge is -2.26.